The fraction of sp³-hybridized carbons (Fsp3) is 0. The number of para-hydroxylation sites is 3. The van der Waals surface area contributed by atoms with Gasteiger partial charge in [-0.2, -0.15) is 0 Å². The summed E-state index contributed by atoms with van der Waals surface area (Å²) in [6, 6.07) is 77.2. The zero-order valence-corrected chi connectivity index (χ0v) is 42.5. The van der Waals surface area contributed by atoms with E-state index in [0.29, 0.717) is 0 Å². The maximum absolute atomic E-state index is 8.28. The summed E-state index contributed by atoms with van der Waals surface area (Å²) in [5, 5.41) is 0.473. The van der Waals surface area contributed by atoms with Crippen LogP contribution in [0.4, 0.5) is 51.2 Å². The molecule has 70 heavy (non-hydrogen) atoms. The van der Waals surface area contributed by atoms with Crippen LogP contribution in [0.15, 0.2) is 218 Å². The van der Waals surface area contributed by atoms with Crippen molar-refractivity contribution in [2.75, 3.05) is 14.7 Å². The Hall–Kier alpha value is -6.82. The molecule has 5 nitrogen and oxygen atoms in total. The van der Waals surface area contributed by atoms with E-state index in [1.165, 1.54) is 0 Å². The molecule has 0 aliphatic carbocycles. The third-order valence-corrected chi connectivity index (χ3v) is 29.6. The van der Waals surface area contributed by atoms with Crippen molar-refractivity contribution in [3.63, 3.8) is 0 Å². The first kappa shape index (κ1) is 42.1. The van der Waals surface area contributed by atoms with Crippen LogP contribution in [0.5, 0.6) is 11.5 Å². The SMILES string of the molecule is Clc1c(Cl)c(Cl)c2c(c1Cl)[O][Sb]13([O]2)[c]2c4cc(-c5ccccc5)cc2N(c2ccccc2)c2cc(-c5ccccc5)cc([c]21)N(c1ccccc1)c1cc(-c2ccccc2)cc([c]13)N4c1ccccc1. The summed E-state index contributed by atoms with van der Waals surface area (Å²) < 4.78 is 19.3. The zero-order valence-electron chi connectivity index (χ0n) is 36.9. The molecule has 1 spiro atoms. The predicted molar refractivity (Wildman–Crippen MR) is 293 cm³/mol. The van der Waals surface area contributed by atoms with Crippen LogP contribution < -0.4 is 31.3 Å². The molecule has 4 aliphatic heterocycles. The van der Waals surface area contributed by atoms with Gasteiger partial charge in [0.1, 0.15) is 0 Å². The summed E-state index contributed by atoms with van der Waals surface area (Å²) in [5.74, 6) is 0.545. The van der Waals surface area contributed by atoms with E-state index in [4.69, 9.17) is 52.4 Å². The van der Waals surface area contributed by atoms with E-state index in [1.54, 1.807) is 0 Å². The Labute approximate surface area is 427 Å². The normalized spacial score (nSPS) is 15.3. The molecule has 4 aliphatic rings. The average Bonchev–Trinajstić information content (AvgIpc) is 3.77. The number of benzene rings is 10. The molecule has 0 aromatic heterocycles. The predicted octanol–water partition coefficient (Wildman–Crippen LogP) is 16.5. The number of nitrogens with zero attached hydrogens (tertiary/aromatic N) is 3. The topological polar surface area (TPSA) is 28.2 Å². The van der Waals surface area contributed by atoms with Crippen molar-refractivity contribution in [1.82, 2.24) is 0 Å². The Balaban J connectivity index is 1.27. The van der Waals surface area contributed by atoms with E-state index in [2.05, 4.69) is 233 Å². The number of fused-ring (bicyclic) bond motifs is 1. The molecule has 10 heteroatoms. The van der Waals surface area contributed by atoms with Gasteiger partial charge in [-0.3, -0.25) is 0 Å². The maximum atomic E-state index is 8.28. The molecule has 0 N–H and O–H groups in total. The van der Waals surface area contributed by atoms with Crippen LogP contribution in [0.25, 0.3) is 33.4 Å². The summed E-state index contributed by atoms with van der Waals surface area (Å²) >= 11 is 22.6. The van der Waals surface area contributed by atoms with Crippen LogP contribution in [0, 0.1) is 0 Å². The summed E-state index contributed by atoms with van der Waals surface area (Å²) in [6.45, 7) is 0. The first-order valence-corrected chi connectivity index (χ1v) is 30.3. The van der Waals surface area contributed by atoms with Gasteiger partial charge in [-0.05, 0) is 0 Å². The Morgan fingerprint density at radius 3 is 0.743 bits per heavy atom. The van der Waals surface area contributed by atoms with E-state index >= 15 is 0 Å². The van der Waals surface area contributed by atoms with Crippen molar-refractivity contribution >= 4 is 126 Å². The minimum absolute atomic E-state index is 0.0972. The van der Waals surface area contributed by atoms with Gasteiger partial charge in [0, 0.05) is 0 Å². The third kappa shape index (κ3) is 5.70. The molecule has 336 valence electrons. The quantitative estimate of drug-likeness (QED) is 0.0940. The molecule has 0 unspecified atom stereocenters. The fourth-order valence-electron chi connectivity index (χ4n) is 11.2. The van der Waals surface area contributed by atoms with E-state index < -0.39 is 18.2 Å². The van der Waals surface area contributed by atoms with Crippen molar-refractivity contribution in [2.45, 2.75) is 0 Å². The second-order valence-electron chi connectivity index (χ2n) is 17.8. The van der Waals surface area contributed by atoms with Gasteiger partial charge in [0.15, 0.2) is 0 Å². The molecule has 0 saturated heterocycles. The second kappa shape index (κ2) is 15.6. The average molecular weight is 1090 g/mol. The number of anilines is 9. The van der Waals surface area contributed by atoms with Crippen molar-refractivity contribution in [3.05, 3.63) is 238 Å². The van der Waals surface area contributed by atoms with Gasteiger partial charge in [-0.15, -0.1) is 0 Å². The second-order valence-corrected chi connectivity index (χ2v) is 29.6. The summed E-state index contributed by atoms with van der Waals surface area (Å²) in [6.07, 6.45) is 0. The van der Waals surface area contributed by atoms with Gasteiger partial charge in [0.25, 0.3) is 0 Å². The molecule has 10 aromatic rings. The summed E-state index contributed by atoms with van der Waals surface area (Å²) in [5.41, 5.74) is 14.5. The summed E-state index contributed by atoms with van der Waals surface area (Å²) in [7, 11) is 0. The van der Waals surface area contributed by atoms with Crippen molar-refractivity contribution < 1.29 is 6.03 Å². The van der Waals surface area contributed by atoms with Crippen molar-refractivity contribution in [2.24, 2.45) is 0 Å². The molecule has 0 bridgehead atoms. The standard InChI is InChI=1S/C54H36N3.C6H2Cl4O2.Sb/c1-7-19-40(20-8-1)43-31-49-37-50(32-43)56(47-27-15-5-16-28-47)52-34-45(42-23-11-3-12-24-42)36-54(39-52)57(48-29-17-6-18-30-48)53-35-44(41-21-9-2-10-22-41)33-51(38-53)55(49)46-25-13-4-14-26-46;7-1-2(8)4(10)6(12)5(11)3(1)9;/h1-36H;11-12H;/q;;+2/p-2. The van der Waals surface area contributed by atoms with Gasteiger partial charge in [-0.25, -0.2) is 0 Å². The Kier molecular flexibility index (Phi) is 9.37. The summed E-state index contributed by atoms with van der Waals surface area (Å²) in [4.78, 5) is 7.20. The Bertz CT molecular complexity index is 3340. The number of rotatable bonds is 6. The van der Waals surface area contributed by atoms with Crippen LogP contribution in [-0.2, 0) is 0 Å². The van der Waals surface area contributed by atoms with Gasteiger partial charge in [0.2, 0.25) is 0 Å². The molecule has 0 radical (unpaired) electrons. The van der Waals surface area contributed by atoms with Crippen LogP contribution in [-0.4, -0.2) is 18.2 Å². The van der Waals surface area contributed by atoms with Gasteiger partial charge < -0.3 is 0 Å². The van der Waals surface area contributed by atoms with E-state index in [9.17, 15) is 0 Å². The Morgan fingerprint density at radius 1 is 0.271 bits per heavy atom. The zero-order chi connectivity index (χ0) is 46.9. The van der Waals surface area contributed by atoms with E-state index in [-0.39, 0.29) is 31.6 Å². The molecule has 4 heterocycles. The van der Waals surface area contributed by atoms with Gasteiger partial charge in [0.05, 0.1) is 0 Å². The van der Waals surface area contributed by atoms with Gasteiger partial charge >= 0.3 is 430 Å². The number of hydrogen-bond donors (Lipinski definition) is 0. The van der Waals surface area contributed by atoms with Gasteiger partial charge in [-0.1, -0.05) is 0 Å². The molecule has 0 fully saturated rings. The molecule has 0 amide bonds. The van der Waals surface area contributed by atoms with Crippen LogP contribution in [0.3, 0.4) is 0 Å². The number of halogens is 4. The van der Waals surface area contributed by atoms with E-state index in [0.717, 1.165) is 95.1 Å². The minimum atomic E-state index is -6.44. The van der Waals surface area contributed by atoms with Crippen molar-refractivity contribution in [3.8, 4) is 44.9 Å². The molecular formula is C60H36Cl4N3O2Sb. The van der Waals surface area contributed by atoms with Crippen LogP contribution in [0.1, 0.15) is 0 Å². The van der Waals surface area contributed by atoms with E-state index in [1.807, 2.05) is 0 Å². The monoisotopic (exact) mass is 1090 g/mol. The molecular weight excluding hydrogens is 1060 g/mol. The van der Waals surface area contributed by atoms with Crippen molar-refractivity contribution in [1.29, 1.82) is 0 Å². The Morgan fingerprint density at radius 2 is 0.500 bits per heavy atom. The first-order valence-electron chi connectivity index (χ1n) is 22.9. The van der Waals surface area contributed by atoms with Crippen LogP contribution in [0.2, 0.25) is 20.1 Å². The molecule has 14 rings (SSSR count). The third-order valence-electron chi connectivity index (χ3n) is 14.0. The van der Waals surface area contributed by atoms with Crippen LogP contribution >= 0.6 is 46.4 Å². The molecule has 0 saturated carbocycles. The fourth-order valence-corrected chi connectivity index (χ4v) is 28.9. The molecule has 10 aromatic carbocycles. The first-order chi connectivity index (χ1) is 34.3. The number of hydrogen-bond acceptors (Lipinski definition) is 5. The molecule has 0 atom stereocenters.